The summed E-state index contributed by atoms with van der Waals surface area (Å²) in [5.74, 6) is 2.45. The van der Waals surface area contributed by atoms with Gasteiger partial charge in [-0.05, 0) is 72.3 Å². The Labute approximate surface area is 205 Å². The first-order chi connectivity index (χ1) is 16.3. The second kappa shape index (κ2) is 9.90. The summed E-state index contributed by atoms with van der Waals surface area (Å²) in [4.78, 5) is 50.5. The molecule has 186 valence electrons. The molecule has 0 aromatic carbocycles. The Kier molecular flexibility index (Phi) is 7.34. The Bertz CT molecular complexity index is 1180. The van der Waals surface area contributed by atoms with Crippen molar-refractivity contribution >= 4 is 18.0 Å². The van der Waals surface area contributed by atoms with Crippen LogP contribution in [0.15, 0.2) is 23.1 Å². The van der Waals surface area contributed by atoms with E-state index in [9.17, 15) is 14.4 Å². The number of carbonyl (C=O) groups is 2. The lowest BCUT2D eigenvalue weighted by atomic mass is 9.97. The molecule has 2 amide bonds. The number of anilines is 1. The van der Waals surface area contributed by atoms with E-state index in [0.29, 0.717) is 16.2 Å². The van der Waals surface area contributed by atoms with Crippen molar-refractivity contribution < 1.29 is 19.1 Å². The molecular formula is C26H32N4O5. The molecule has 0 saturated heterocycles. The van der Waals surface area contributed by atoms with Crippen molar-refractivity contribution in [3.8, 4) is 23.6 Å². The number of hydrogen-bond acceptors (Lipinski definition) is 7. The summed E-state index contributed by atoms with van der Waals surface area (Å²) in [7, 11) is 0. The normalized spacial score (nSPS) is 14.3. The maximum atomic E-state index is 13.0. The Balaban J connectivity index is 2.09. The minimum absolute atomic E-state index is 0.0391. The SMILES string of the molecule is C#Cc1nc(-c2ccc(=O)[nH]c2C2CCCC2)cnc1N(C(=O)OC(C)(C)C)C(=O)OC(C)(C)C. The fourth-order valence-corrected chi connectivity index (χ4v) is 3.89. The number of aromatic nitrogens is 3. The third kappa shape index (κ3) is 6.47. The molecule has 0 radical (unpaired) electrons. The number of H-pyrrole nitrogens is 1. The highest BCUT2D eigenvalue weighted by molar-refractivity contribution is 6.09. The van der Waals surface area contributed by atoms with E-state index < -0.39 is 23.4 Å². The van der Waals surface area contributed by atoms with Crippen LogP contribution in [-0.4, -0.2) is 38.3 Å². The van der Waals surface area contributed by atoms with E-state index in [-0.39, 0.29) is 23.0 Å². The summed E-state index contributed by atoms with van der Waals surface area (Å²) in [5.41, 5.74) is -0.0843. The molecule has 9 heteroatoms. The van der Waals surface area contributed by atoms with Gasteiger partial charge in [0.25, 0.3) is 0 Å². The molecule has 1 aliphatic carbocycles. The summed E-state index contributed by atoms with van der Waals surface area (Å²) in [6.45, 7) is 10.1. The predicted molar refractivity (Wildman–Crippen MR) is 132 cm³/mol. The summed E-state index contributed by atoms with van der Waals surface area (Å²) < 4.78 is 10.8. The number of nitrogens with zero attached hydrogens (tertiary/aromatic N) is 3. The van der Waals surface area contributed by atoms with Gasteiger partial charge < -0.3 is 14.5 Å². The van der Waals surface area contributed by atoms with Crippen LogP contribution in [-0.2, 0) is 9.47 Å². The molecule has 2 aromatic heterocycles. The third-order valence-electron chi connectivity index (χ3n) is 5.24. The molecule has 1 saturated carbocycles. The van der Waals surface area contributed by atoms with Gasteiger partial charge in [-0.25, -0.2) is 19.6 Å². The van der Waals surface area contributed by atoms with Gasteiger partial charge in [-0.3, -0.25) is 4.79 Å². The number of rotatable bonds is 3. The predicted octanol–water partition coefficient (Wildman–Crippen LogP) is 5.15. The maximum absolute atomic E-state index is 13.0. The van der Waals surface area contributed by atoms with Gasteiger partial charge in [-0.2, -0.15) is 4.90 Å². The lowest BCUT2D eigenvalue weighted by Crippen LogP contribution is -2.44. The molecule has 0 aliphatic heterocycles. The molecule has 3 rings (SSSR count). The minimum Gasteiger partial charge on any atom is -0.443 e. The van der Waals surface area contributed by atoms with Crippen molar-refractivity contribution in [3.63, 3.8) is 0 Å². The second-order valence-electron chi connectivity index (χ2n) is 10.5. The standard InChI is InChI=1S/C26H32N4O5/c1-8-18-22(30(23(32)34-25(2,3)4)24(33)35-26(5,6)7)27-15-19(28-18)17-13-14-20(31)29-21(17)16-11-9-10-12-16/h1,13-16H,9-12H2,2-7H3,(H,29,31). The molecule has 0 spiro atoms. The van der Waals surface area contributed by atoms with E-state index in [0.717, 1.165) is 31.4 Å². The topological polar surface area (TPSA) is 114 Å². The monoisotopic (exact) mass is 480 g/mol. The number of aromatic amines is 1. The highest BCUT2D eigenvalue weighted by Crippen LogP contribution is 2.37. The molecule has 1 N–H and O–H groups in total. The highest BCUT2D eigenvalue weighted by atomic mass is 16.6. The minimum atomic E-state index is -0.985. The Morgan fingerprint density at radius 2 is 1.63 bits per heavy atom. The largest absolute Gasteiger partial charge is 0.443 e. The zero-order valence-corrected chi connectivity index (χ0v) is 21.1. The fourth-order valence-electron chi connectivity index (χ4n) is 3.89. The summed E-state index contributed by atoms with van der Waals surface area (Å²) >= 11 is 0. The highest BCUT2D eigenvalue weighted by Gasteiger charge is 2.35. The number of pyridine rings is 1. The van der Waals surface area contributed by atoms with Gasteiger partial charge in [-0.1, -0.05) is 12.8 Å². The van der Waals surface area contributed by atoms with Gasteiger partial charge >= 0.3 is 12.2 Å². The van der Waals surface area contributed by atoms with E-state index in [4.69, 9.17) is 15.9 Å². The zero-order chi connectivity index (χ0) is 26.0. The smallest absolute Gasteiger partial charge is 0.425 e. The van der Waals surface area contributed by atoms with Gasteiger partial charge in [-0.15, -0.1) is 6.42 Å². The van der Waals surface area contributed by atoms with Gasteiger partial charge in [0.2, 0.25) is 5.56 Å². The summed E-state index contributed by atoms with van der Waals surface area (Å²) in [6, 6.07) is 3.11. The lowest BCUT2D eigenvalue weighted by molar-refractivity contribution is 0.0428. The van der Waals surface area contributed by atoms with Crippen LogP contribution in [0.3, 0.4) is 0 Å². The second-order valence-corrected chi connectivity index (χ2v) is 10.5. The molecule has 2 aromatic rings. The Morgan fingerprint density at radius 1 is 1.06 bits per heavy atom. The maximum Gasteiger partial charge on any atom is 0.425 e. The van der Waals surface area contributed by atoms with Gasteiger partial charge in [0.15, 0.2) is 11.5 Å². The third-order valence-corrected chi connectivity index (χ3v) is 5.24. The number of imide groups is 1. The van der Waals surface area contributed by atoms with Crippen LogP contribution in [0.4, 0.5) is 15.4 Å². The number of hydrogen-bond donors (Lipinski definition) is 1. The van der Waals surface area contributed by atoms with Crippen LogP contribution in [0.25, 0.3) is 11.3 Å². The van der Waals surface area contributed by atoms with Gasteiger partial charge in [0, 0.05) is 17.3 Å². The van der Waals surface area contributed by atoms with Crippen molar-refractivity contribution in [2.75, 3.05) is 4.90 Å². The number of amides is 2. The molecule has 2 heterocycles. The van der Waals surface area contributed by atoms with Crippen LogP contribution in [0.5, 0.6) is 0 Å². The Hall–Kier alpha value is -3.67. The molecule has 1 fully saturated rings. The molecule has 0 bridgehead atoms. The molecule has 0 unspecified atom stereocenters. The van der Waals surface area contributed by atoms with E-state index >= 15 is 0 Å². The fraction of sp³-hybridized carbons (Fsp3) is 0.500. The first kappa shape index (κ1) is 25.9. The Morgan fingerprint density at radius 3 is 2.14 bits per heavy atom. The van der Waals surface area contributed by atoms with E-state index in [1.165, 1.54) is 12.3 Å². The van der Waals surface area contributed by atoms with Crippen LogP contribution >= 0.6 is 0 Å². The van der Waals surface area contributed by atoms with Crippen LogP contribution < -0.4 is 10.5 Å². The molecular weight excluding hydrogens is 448 g/mol. The van der Waals surface area contributed by atoms with E-state index in [1.807, 2.05) is 0 Å². The van der Waals surface area contributed by atoms with Crippen molar-refractivity contribution in [2.24, 2.45) is 0 Å². The van der Waals surface area contributed by atoms with Crippen molar-refractivity contribution in [3.05, 3.63) is 40.1 Å². The summed E-state index contributed by atoms with van der Waals surface area (Å²) in [6.07, 6.45) is 9.28. The lowest BCUT2D eigenvalue weighted by Gasteiger charge is -2.28. The first-order valence-electron chi connectivity index (χ1n) is 11.6. The van der Waals surface area contributed by atoms with Crippen molar-refractivity contribution in [1.29, 1.82) is 0 Å². The van der Waals surface area contributed by atoms with Gasteiger partial charge in [0.1, 0.15) is 11.2 Å². The number of ether oxygens (including phenoxy) is 2. The molecule has 9 nitrogen and oxygen atoms in total. The molecule has 35 heavy (non-hydrogen) atoms. The van der Waals surface area contributed by atoms with Crippen LogP contribution in [0.1, 0.15) is 84.5 Å². The van der Waals surface area contributed by atoms with Crippen LogP contribution in [0, 0.1) is 12.3 Å². The zero-order valence-electron chi connectivity index (χ0n) is 21.1. The van der Waals surface area contributed by atoms with Crippen molar-refractivity contribution in [1.82, 2.24) is 15.0 Å². The van der Waals surface area contributed by atoms with E-state index in [1.54, 1.807) is 47.6 Å². The first-order valence-corrected chi connectivity index (χ1v) is 11.6. The molecule has 1 aliphatic rings. The number of terminal acetylenes is 1. The molecule has 0 atom stereocenters. The van der Waals surface area contributed by atoms with E-state index in [2.05, 4.69) is 20.9 Å². The number of nitrogens with one attached hydrogen (secondary N) is 1. The van der Waals surface area contributed by atoms with Crippen molar-refractivity contribution in [2.45, 2.75) is 84.3 Å². The summed E-state index contributed by atoms with van der Waals surface area (Å²) in [5, 5.41) is 0. The average Bonchev–Trinajstić information content (AvgIpc) is 3.26. The van der Waals surface area contributed by atoms with Crippen LogP contribution in [0.2, 0.25) is 0 Å². The quantitative estimate of drug-likeness (QED) is 0.604. The average molecular weight is 481 g/mol. The van der Waals surface area contributed by atoms with Gasteiger partial charge in [0.05, 0.1) is 11.9 Å². The number of carbonyl (C=O) groups excluding carboxylic acids is 2.